The zero-order valence-corrected chi connectivity index (χ0v) is 9.92. The number of rotatable bonds is 3. The van der Waals surface area contributed by atoms with Gasteiger partial charge >= 0.3 is 5.97 Å². The Hall–Kier alpha value is -1.80. The highest BCUT2D eigenvalue weighted by Gasteiger charge is 2.23. The summed E-state index contributed by atoms with van der Waals surface area (Å²) in [5.41, 5.74) is -0.0475. The molecule has 0 amide bonds. The molecule has 1 rings (SSSR count). The Kier molecular flexibility index (Phi) is 3.82. The van der Waals surface area contributed by atoms with Crippen LogP contribution in [0.15, 0.2) is 29.2 Å². The Labute approximate surface area is 101 Å². The van der Waals surface area contributed by atoms with E-state index in [0.717, 1.165) is 0 Å². The van der Waals surface area contributed by atoms with Gasteiger partial charge in [0.15, 0.2) is 11.6 Å². The smallest absolute Gasteiger partial charge is 0.338 e. The molecule has 0 heterocycles. The lowest BCUT2D eigenvalue weighted by atomic mass is 10.3. The molecule has 0 fully saturated rings. The number of halogens is 2. The molecule has 0 aliphatic rings. The van der Waals surface area contributed by atoms with Gasteiger partial charge in [0, 0.05) is 5.57 Å². The van der Waals surface area contributed by atoms with Gasteiger partial charge in [-0.2, -0.15) is 12.8 Å². The summed E-state index contributed by atoms with van der Waals surface area (Å²) in [5.74, 6) is -5.31. The van der Waals surface area contributed by atoms with Gasteiger partial charge in [0.2, 0.25) is 5.82 Å². The number of hydrogen-bond acceptors (Lipinski definition) is 4. The van der Waals surface area contributed by atoms with E-state index in [1.54, 1.807) is 0 Å². The molecule has 0 aliphatic heterocycles. The topological polar surface area (TPSA) is 80.7 Å². The van der Waals surface area contributed by atoms with Crippen molar-refractivity contribution in [1.29, 1.82) is 0 Å². The largest absolute Gasteiger partial charge is 0.420 e. The molecule has 0 radical (unpaired) electrons. The molecule has 0 unspecified atom stereocenters. The normalized spacial score (nSPS) is 11.1. The number of carbonyl (C=O) groups is 1. The van der Waals surface area contributed by atoms with E-state index < -0.39 is 38.4 Å². The van der Waals surface area contributed by atoms with Gasteiger partial charge in [0.05, 0.1) is 0 Å². The second-order valence-corrected chi connectivity index (χ2v) is 4.72. The SMILES string of the molecule is C=C(C)C(=O)Oc1ccc(S(=O)(=O)O)c(F)c1F. The Balaban J connectivity index is 3.25. The van der Waals surface area contributed by atoms with Crippen molar-refractivity contribution in [3.05, 3.63) is 35.9 Å². The summed E-state index contributed by atoms with van der Waals surface area (Å²) < 4.78 is 61.0. The quantitative estimate of drug-likeness (QED) is 0.394. The average Bonchev–Trinajstić information content (AvgIpc) is 2.22. The summed E-state index contributed by atoms with van der Waals surface area (Å²) in [5, 5.41) is 0. The molecule has 18 heavy (non-hydrogen) atoms. The minimum absolute atomic E-state index is 0.0475. The van der Waals surface area contributed by atoms with Gasteiger partial charge in [0.1, 0.15) is 4.90 Å². The van der Waals surface area contributed by atoms with Crippen LogP contribution in [-0.2, 0) is 14.9 Å². The van der Waals surface area contributed by atoms with Crippen LogP contribution < -0.4 is 4.74 Å². The van der Waals surface area contributed by atoms with Gasteiger partial charge in [-0.3, -0.25) is 4.55 Å². The molecule has 0 saturated heterocycles. The Morgan fingerprint density at radius 3 is 2.33 bits per heavy atom. The zero-order chi connectivity index (χ0) is 14.1. The monoisotopic (exact) mass is 278 g/mol. The van der Waals surface area contributed by atoms with Crippen molar-refractivity contribution in [2.45, 2.75) is 11.8 Å². The van der Waals surface area contributed by atoms with E-state index in [-0.39, 0.29) is 5.57 Å². The van der Waals surface area contributed by atoms with Gasteiger partial charge in [0.25, 0.3) is 10.1 Å². The lowest BCUT2D eigenvalue weighted by Gasteiger charge is -2.07. The fraction of sp³-hybridized carbons (Fsp3) is 0.100. The summed E-state index contributed by atoms with van der Waals surface area (Å²) in [4.78, 5) is 9.84. The van der Waals surface area contributed by atoms with E-state index in [1.165, 1.54) is 6.92 Å². The van der Waals surface area contributed by atoms with Crippen molar-refractivity contribution in [2.75, 3.05) is 0 Å². The molecule has 0 bridgehead atoms. The van der Waals surface area contributed by atoms with Crippen molar-refractivity contribution < 1.29 is 31.3 Å². The van der Waals surface area contributed by atoms with Crippen LogP contribution in [0.1, 0.15) is 6.92 Å². The van der Waals surface area contributed by atoms with Crippen LogP contribution in [0, 0.1) is 11.6 Å². The number of hydrogen-bond donors (Lipinski definition) is 1. The number of esters is 1. The highest BCUT2D eigenvalue weighted by Crippen LogP contribution is 2.25. The highest BCUT2D eigenvalue weighted by molar-refractivity contribution is 7.85. The maximum Gasteiger partial charge on any atom is 0.338 e. The molecule has 0 atom stereocenters. The molecule has 0 aliphatic carbocycles. The van der Waals surface area contributed by atoms with Crippen molar-refractivity contribution >= 4 is 16.1 Å². The highest BCUT2D eigenvalue weighted by atomic mass is 32.2. The van der Waals surface area contributed by atoms with E-state index in [1.807, 2.05) is 0 Å². The van der Waals surface area contributed by atoms with Gasteiger partial charge in [-0.1, -0.05) is 6.58 Å². The molecule has 5 nitrogen and oxygen atoms in total. The van der Waals surface area contributed by atoms with Crippen molar-refractivity contribution in [3.8, 4) is 5.75 Å². The lowest BCUT2D eigenvalue weighted by molar-refractivity contribution is -0.130. The van der Waals surface area contributed by atoms with Gasteiger partial charge in [-0.05, 0) is 19.1 Å². The van der Waals surface area contributed by atoms with Crippen LogP contribution in [0.5, 0.6) is 5.75 Å². The second-order valence-electron chi connectivity index (χ2n) is 3.33. The van der Waals surface area contributed by atoms with Crippen LogP contribution in [-0.4, -0.2) is 18.9 Å². The molecule has 0 spiro atoms. The fourth-order valence-corrected chi connectivity index (χ4v) is 1.54. The summed E-state index contributed by atoms with van der Waals surface area (Å²) in [6.45, 7) is 4.53. The summed E-state index contributed by atoms with van der Waals surface area (Å²) in [6, 6.07) is 1.29. The number of ether oxygens (including phenoxy) is 1. The van der Waals surface area contributed by atoms with Gasteiger partial charge < -0.3 is 4.74 Å². The molecule has 0 aromatic heterocycles. The fourth-order valence-electron chi connectivity index (χ4n) is 0.979. The van der Waals surface area contributed by atoms with E-state index in [4.69, 9.17) is 4.55 Å². The minimum atomic E-state index is -4.89. The standard InChI is InChI=1S/C10H8F2O5S/c1-5(2)10(13)17-6-3-4-7(18(14,15)16)9(12)8(6)11/h3-4H,1H2,2H3,(H,14,15,16). The van der Waals surface area contributed by atoms with Crippen molar-refractivity contribution in [3.63, 3.8) is 0 Å². The van der Waals surface area contributed by atoms with E-state index in [2.05, 4.69) is 11.3 Å². The van der Waals surface area contributed by atoms with Crippen LogP contribution in [0.3, 0.4) is 0 Å². The first-order valence-corrected chi connectivity index (χ1v) is 5.91. The Bertz CT molecular complexity index is 621. The van der Waals surface area contributed by atoms with Crippen molar-refractivity contribution in [1.82, 2.24) is 0 Å². The summed E-state index contributed by atoms with van der Waals surface area (Å²) in [6.07, 6.45) is 0. The number of benzene rings is 1. The third-order valence-electron chi connectivity index (χ3n) is 1.84. The first-order chi connectivity index (χ1) is 8.14. The Morgan fingerprint density at radius 1 is 1.33 bits per heavy atom. The maximum absolute atomic E-state index is 13.4. The molecule has 1 aromatic rings. The molecule has 98 valence electrons. The molecule has 1 aromatic carbocycles. The maximum atomic E-state index is 13.4. The Morgan fingerprint density at radius 2 is 1.89 bits per heavy atom. The first kappa shape index (κ1) is 14.3. The van der Waals surface area contributed by atoms with E-state index >= 15 is 0 Å². The average molecular weight is 278 g/mol. The minimum Gasteiger partial charge on any atom is -0.420 e. The van der Waals surface area contributed by atoms with Gasteiger partial charge in [-0.25, -0.2) is 9.18 Å². The predicted octanol–water partition coefficient (Wildman–Crippen LogP) is 1.69. The van der Waals surface area contributed by atoms with Crippen LogP contribution in [0.2, 0.25) is 0 Å². The van der Waals surface area contributed by atoms with Crippen LogP contribution in [0.25, 0.3) is 0 Å². The predicted molar refractivity (Wildman–Crippen MR) is 56.6 cm³/mol. The zero-order valence-electron chi connectivity index (χ0n) is 9.11. The second kappa shape index (κ2) is 4.83. The molecular formula is C10H8F2O5S. The van der Waals surface area contributed by atoms with E-state index in [0.29, 0.717) is 12.1 Å². The third-order valence-corrected chi connectivity index (χ3v) is 2.71. The van der Waals surface area contributed by atoms with Crippen molar-refractivity contribution in [2.24, 2.45) is 0 Å². The lowest BCUT2D eigenvalue weighted by Crippen LogP contribution is -2.11. The third kappa shape index (κ3) is 2.90. The van der Waals surface area contributed by atoms with Crippen LogP contribution in [0.4, 0.5) is 8.78 Å². The molecular weight excluding hydrogens is 270 g/mol. The molecule has 1 N–H and O–H groups in total. The van der Waals surface area contributed by atoms with E-state index in [9.17, 15) is 22.0 Å². The van der Waals surface area contributed by atoms with Gasteiger partial charge in [-0.15, -0.1) is 0 Å². The molecule has 0 saturated carbocycles. The van der Waals surface area contributed by atoms with Crippen LogP contribution >= 0.6 is 0 Å². The number of carbonyl (C=O) groups excluding carboxylic acids is 1. The summed E-state index contributed by atoms with van der Waals surface area (Å²) >= 11 is 0. The summed E-state index contributed by atoms with van der Waals surface area (Å²) in [7, 11) is -4.89. The molecule has 8 heteroatoms. The first-order valence-electron chi connectivity index (χ1n) is 4.47.